The van der Waals surface area contributed by atoms with E-state index in [1.165, 1.54) is 0 Å². The lowest BCUT2D eigenvalue weighted by Gasteiger charge is -2.04. The van der Waals surface area contributed by atoms with Crippen LogP contribution in [0, 0.1) is 0 Å². The molecule has 2 aromatic heterocycles. The Hall–Kier alpha value is -2.41. The van der Waals surface area contributed by atoms with Gasteiger partial charge in [-0.25, -0.2) is 4.98 Å². The number of hydrogen-bond acceptors (Lipinski definition) is 5. The van der Waals surface area contributed by atoms with Gasteiger partial charge in [-0.05, 0) is 12.1 Å². The summed E-state index contributed by atoms with van der Waals surface area (Å²) in [5, 5.41) is 9.41. The van der Waals surface area contributed by atoms with Crippen molar-refractivity contribution in [1.29, 1.82) is 0 Å². The Morgan fingerprint density at radius 3 is 3.09 bits per heavy atom. The van der Waals surface area contributed by atoms with Crippen LogP contribution in [0.25, 0.3) is 10.9 Å². The SMILES string of the molecule is C=CCn1cnnc1SCCc1nc2ccccc2c(=O)[nH]1. The minimum atomic E-state index is -0.0968. The predicted molar refractivity (Wildman–Crippen MR) is 87.0 cm³/mol. The van der Waals surface area contributed by atoms with Gasteiger partial charge >= 0.3 is 0 Å². The van der Waals surface area contributed by atoms with E-state index in [1.807, 2.05) is 22.8 Å². The van der Waals surface area contributed by atoms with Crippen molar-refractivity contribution in [3.63, 3.8) is 0 Å². The normalized spacial score (nSPS) is 10.9. The molecule has 1 aromatic carbocycles. The highest BCUT2D eigenvalue weighted by Crippen LogP contribution is 2.16. The number of nitrogens with one attached hydrogen (secondary N) is 1. The molecule has 112 valence electrons. The van der Waals surface area contributed by atoms with Crippen molar-refractivity contribution in [2.24, 2.45) is 0 Å². The van der Waals surface area contributed by atoms with E-state index in [4.69, 9.17) is 0 Å². The van der Waals surface area contributed by atoms with Crippen molar-refractivity contribution in [2.75, 3.05) is 5.75 Å². The smallest absolute Gasteiger partial charge is 0.258 e. The molecule has 1 N–H and O–H groups in total. The molecule has 0 fully saturated rings. The molecule has 22 heavy (non-hydrogen) atoms. The Balaban J connectivity index is 1.70. The van der Waals surface area contributed by atoms with Crippen LogP contribution in [-0.4, -0.2) is 30.5 Å². The third kappa shape index (κ3) is 3.09. The molecule has 2 heterocycles. The second kappa shape index (κ2) is 6.57. The van der Waals surface area contributed by atoms with E-state index in [-0.39, 0.29) is 5.56 Å². The summed E-state index contributed by atoms with van der Waals surface area (Å²) in [4.78, 5) is 19.3. The molecule has 0 aliphatic heterocycles. The van der Waals surface area contributed by atoms with Gasteiger partial charge in [0.2, 0.25) is 0 Å². The van der Waals surface area contributed by atoms with Crippen LogP contribution in [0.5, 0.6) is 0 Å². The zero-order valence-corrected chi connectivity index (χ0v) is 12.7. The first kappa shape index (κ1) is 14.5. The summed E-state index contributed by atoms with van der Waals surface area (Å²) in [5.74, 6) is 1.45. The fourth-order valence-electron chi connectivity index (χ4n) is 2.11. The zero-order chi connectivity index (χ0) is 15.4. The van der Waals surface area contributed by atoms with Gasteiger partial charge in [0.1, 0.15) is 12.2 Å². The quantitative estimate of drug-likeness (QED) is 0.556. The average molecular weight is 313 g/mol. The minimum absolute atomic E-state index is 0.0968. The van der Waals surface area contributed by atoms with Gasteiger partial charge in [0, 0.05) is 18.7 Å². The van der Waals surface area contributed by atoms with Gasteiger partial charge in [0.15, 0.2) is 5.16 Å². The number of allylic oxidation sites excluding steroid dienone is 1. The van der Waals surface area contributed by atoms with Crippen LogP contribution in [0.3, 0.4) is 0 Å². The summed E-state index contributed by atoms with van der Waals surface area (Å²) in [6.07, 6.45) is 4.14. The van der Waals surface area contributed by atoms with Gasteiger partial charge in [0.05, 0.1) is 10.9 Å². The Morgan fingerprint density at radius 1 is 1.36 bits per heavy atom. The Bertz CT molecular complexity index is 854. The number of nitrogens with zero attached hydrogens (tertiary/aromatic N) is 4. The number of benzene rings is 1. The molecule has 0 saturated heterocycles. The number of fused-ring (bicyclic) bond motifs is 1. The molecule has 0 bridgehead atoms. The lowest BCUT2D eigenvalue weighted by atomic mass is 10.2. The fraction of sp³-hybridized carbons (Fsp3) is 0.200. The maximum absolute atomic E-state index is 12.0. The van der Waals surface area contributed by atoms with E-state index in [2.05, 4.69) is 26.7 Å². The molecule has 3 rings (SSSR count). The lowest BCUT2D eigenvalue weighted by molar-refractivity contribution is 0.724. The van der Waals surface area contributed by atoms with Crippen LogP contribution < -0.4 is 5.56 Å². The molecule has 0 amide bonds. The maximum Gasteiger partial charge on any atom is 0.258 e. The summed E-state index contributed by atoms with van der Waals surface area (Å²) >= 11 is 1.58. The Kier molecular flexibility index (Phi) is 4.34. The predicted octanol–water partition coefficient (Wildman–Crippen LogP) is 2.04. The minimum Gasteiger partial charge on any atom is -0.310 e. The highest BCUT2D eigenvalue weighted by Gasteiger charge is 2.06. The molecular weight excluding hydrogens is 298 g/mol. The largest absolute Gasteiger partial charge is 0.310 e. The van der Waals surface area contributed by atoms with Crippen molar-refractivity contribution in [3.8, 4) is 0 Å². The molecule has 0 atom stereocenters. The van der Waals surface area contributed by atoms with Gasteiger partial charge in [-0.15, -0.1) is 16.8 Å². The van der Waals surface area contributed by atoms with Crippen molar-refractivity contribution in [2.45, 2.75) is 18.1 Å². The second-order valence-electron chi connectivity index (χ2n) is 4.68. The monoisotopic (exact) mass is 313 g/mol. The molecule has 7 heteroatoms. The van der Waals surface area contributed by atoms with Gasteiger partial charge in [0.25, 0.3) is 5.56 Å². The van der Waals surface area contributed by atoms with Crippen LogP contribution in [0.1, 0.15) is 5.82 Å². The fourth-order valence-corrected chi connectivity index (χ4v) is 2.98. The summed E-state index contributed by atoms with van der Waals surface area (Å²) in [5.41, 5.74) is 0.626. The molecule has 0 aliphatic carbocycles. The number of hydrogen-bond donors (Lipinski definition) is 1. The number of para-hydroxylation sites is 1. The summed E-state index contributed by atoms with van der Waals surface area (Å²) in [6.45, 7) is 4.39. The van der Waals surface area contributed by atoms with E-state index < -0.39 is 0 Å². The second-order valence-corrected chi connectivity index (χ2v) is 5.74. The first-order valence-electron chi connectivity index (χ1n) is 6.87. The molecular formula is C15H15N5OS. The number of aromatic amines is 1. The summed E-state index contributed by atoms with van der Waals surface area (Å²) < 4.78 is 1.92. The molecule has 6 nitrogen and oxygen atoms in total. The first-order chi connectivity index (χ1) is 10.8. The van der Waals surface area contributed by atoms with Crippen molar-refractivity contribution >= 4 is 22.7 Å². The lowest BCUT2D eigenvalue weighted by Crippen LogP contribution is -2.12. The number of thioether (sulfide) groups is 1. The molecule has 0 aliphatic rings. The molecule has 3 aromatic rings. The highest BCUT2D eigenvalue weighted by atomic mass is 32.2. The maximum atomic E-state index is 12.0. The third-order valence-electron chi connectivity index (χ3n) is 3.14. The Labute approximate surface area is 131 Å². The van der Waals surface area contributed by atoms with Crippen LogP contribution >= 0.6 is 11.8 Å². The number of rotatable bonds is 6. The topological polar surface area (TPSA) is 76.5 Å². The van der Waals surface area contributed by atoms with E-state index in [0.29, 0.717) is 24.2 Å². The average Bonchev–Trinajstić information content (AvgIpc) is 2.95. The van der Waals surface area contributed by atoms with Gasteiger partial charge in [-0.3, -0.25) is 4.79 Å². The van der Waals surface area contributed by atoms with E-state index in [0.717, 1.165) is 16.4 Å². The van der Waals surface area contributed by atoms with Crippen molar-refractivity contribution in [1.82, 2.24) is 24.7 Å². The van der Waals surface area contributed by atoms with Crippen LogP contribution in [-0.2, 0) is 13.0 Å². The number of aromatic nitrogens is 5. The first-order valence-corrected chi connectivity index (χ1v) is 7.86. The van der Waals surface area contributed by atoms with E-state index >= 15 is 0 Å². The van der Waals surface area contributed by atoms with Crippen LogP contribution in [0.15, 0.2) is 53.2 Å². The summed E-state index contributed by atoms with van der Waals surface area (Å²) in [6, 6.07) is 7.34. The van der Waals surface area contributed by atoms with E-state index in [1.54, 1.807) is 30.2 Å². The standard InChI is InChI=1S/C15H15N5OS/c1-2-8-20-10-16-19-15(20)22-9-7-13-17-12-6-4-3-5-11(12)14(21)18-13/h2-6,10H,1,7-9H2,(H,17,18,21). The molecule has 0 unspecified atom stereocenters. The number of H-pyrrole nitrogens is 1. The summed E-state index contributed by atoms with van der Waals surface area (Å²) in [7, 11) is 0. The Morgan fingerprint density at radius 2 is 2.23 bits per heavy atom. The van der Waals surface area contributed by atoms with Crippen LogP contribution in [0.4, 0.5) is 0 Å². The van der Waals surface area contributed by atoms with Gasteiger partial charge < -0.3 is 9.55 Å². The van der Waals surface area contributed by atoms with E-state index in [9.17, 15) is 4.79 Å². The molecule has 0 radical (unpaired) electrons. The highest BCUT2D eigenvalue weighted by molar-refractivity contribution is 7.99. The van der Waals surface area contributed by atoms with Crippen molar-refractivity contribution < 1.29 is 0 Å². The van der Waals surface area contributed by atoms with Crippen LogP contribution in [0.2, 0.25) is 0 Å². The van der Waals surface area contributed by atoms with Crippen molar-refractivity contribution in [3.05, 3.63) is 59.4 Å². The zero-order valence-electron chi connectivity index (χ0n) is 11.9. The third-order valence-corrected chi connectivity index (χ3v) is 4.12. The van der Waals surface area contributed by atoms with Gasteiger partial charge in [-0.1, -0.05) is 30.0 Å². The van der Waals surface area contributed by atoms with Gasteiger partial charge in [-0.2, -0.15) is 0 Å². The number of aryl methyl sites for hydroxylation is 1. The molecule has 0 spiro atoms. The molecule has 0 saturated carbocycles.